The summed E-state index contributed by atoms with van der Waals surface area (Å²) in [6.45, 7) is 0. The van der Waals surface area contributed by atoms with Crippen molar-refractivity contribution in [3.05, 3.63) is 32.3 Å². The van der Waals surface area contributed by atoms with E-state index in [0.29, 0.717) is 6.07 Å². The molecule has 8 heteroatoms. The molecule has 0 unspecified atom stereocenters. The Balaban J connectivity index is 3.00. The minimum absolute atomic E-state index is 0.264. The van der Waals surface area contributed by atoms with Gasteiger partial charge in [0.15, 0.2) is 0 Å². The third-order valence-electron chi connectivity index (χ3n) is 1.88. The third-order valence-corrected chi connectivity index (χ3v) is 1.88. The normalized spacial score (nSPS) is 12.2. The number of hydrogen-bond donors (Lipinski definition) is 3. The Kier molecular flexibility index (Phi) is 1.75. The SMILES string of the molecule is O=c1cc(C(F)(F)F)c2c(=O)[nH][nH]c2[nH]1. The van der Waals surface area contributed by atoms with Crippen LogP contribution in [0.4, 0.5) is 13.2 Å². The van der Waals surface area contributed by atoms with Crippen LogP contribution in [0.3, 0.4) is 0 Å². The fraction of sp³-hybridized carbons (Fsp3) is 0.143. The van der Waals surface area contributed by atoms with Crippen LogP contribution in [0.15, 0.2) is 15.7 Å². The number of hydrogen-bond acceptors (Lipinski definition) is 2. The molecule has 0 aromatic carbocycles. The molecule has 0 aliphatic carbocycles. The first-order chi connectivity index (χ1) is 6.89. The zero-order valence-corrected chi connectivity index (χ0v) is 7.03. The average Bonchev–Trinajstić information content (AvgIpc) is 2.44. The van der Waals surface area contributed by atoms with E-state index >= 15 is 0 Å². The zero-order valence-electron chi connectivity index (χ0n) is 7.03. The minimum atomic E-state index is -4.73. The van der Waals surface area contributed by atoms with Gasteiger partial charge >= 0.3 is 6.18 Å². The molecule has 0 spiro atoms. The number of H-pyrrole nitrogens is 3. The van der Waals surface area contributed by atoms with Gasteiger partial charge < -0.3 is 4.98 Å². The van der Waals surface area contributed by atoms with Crippen molar-refractivity contribution in [3.63, 3.8) is 0 Å². The first kappa shape index (κ1) is 9.56. The number of rotatable bonds is 0. The number of halogens is 3. The Morgan fingerprint density at radius 2 is 1.80 bits per heavy atom. The molecule has 2 aromatic rings. The molecule has 15 heavy (non-hydrogen) atoms. The summed E-state index contributed by atoms with van der Waals surface area (Å²) >= 11 is 0. The molecule has 80 valence electrons. The van der Waals surface area contributed by atoms with Gasteiger partial charge in [0.25, 0.3) is 5.56 Å². The van der Waals surface area contributed by atoms with Crippen LogP contribution >= 0.6 is 0 Å². The molecule has 0 aliphatic rings. The minimum Gasteiger partial charge on any atom is -0.307 e. The monoisotopic (exact) mass is 219 g/mol. The van der Waals surface area contributed by atoms with Crippen molar-refractivity contribution in [1.82, 2.24) is 15.2 Å². The van der Waals surface area contributed by atoms with Gasteiger partial charge in [0.1, 0.15) is 5.65 Å². The van der Waals surface area contributed by atoms with Crippen molar-refractivity contribution in [3.8, 4) is 0 Å². The largest absolute Gasteiger partial charge is 0.417 e. The van der Waals surface area contributed by atoms with Gasteiger partial charge in [-0.2, -0.15) is 13.2 Å². The summed E-state index contributed by atoms with van der Waals surface area (Å²) in [4.78, 5) is 24.0. The van der Waals surface area contributed by atoms with E-state index in [-0.39, 0.29) is 5.65 Å². The summed E-state index contributed by atoms with van der Waals surface area (Å²) < 4.78 is 37.3. The summed E-state index contributed by atoms with van der Waals surface area (Å²) in [6.07, 6.45) is -4.73. The molecule has 2 heterocycles. The smallest absolute Gasteiger partial charge is 0.307 e. The van der Waals surface area contributed by atoms with Crippen LogP contribution in [0.5, 0.6) is 0 Å². The van der Waals surface area contributed by atoms with Gasteiger partial charge in [0, 0.05) is 6.07 Å². The van der Waals surface area contributed by atoms with Crippen LogP contribution in [0.1, 0.15) is 5.56 Å². The quantitative estimate of drug-likeness (QED) is 0.605. The lowest BCUT2D eigenvalue weighted by molar-refractivity contribution is -0.136. The number of aromatic nitrogens is 3. The Morgan fingerprint density at radius 3 is 2.40 bits per heavy atom. The van der Waals surface area contributed by atoms with Gasteiger partial charge in [0.2, 0.25) is 5.56 Å². The fourth-order valence-corrected chi connectivity index (χ4v) is 1.29. The standard InChI is InChI=1S/C7H4F3N3O2/c8-7(9,10)2-1-3(14)11-5-4(2)6(15)13-12-5/h1H,(H3,11,12,13,14,15). The number of fused-ring (bicyclic) bond motifs is 1. The van der Waals surface area contributed by atoms with E-state index < -0.39 is 28.2 Å². The second kappa shape index (κ2) is 2.75. The predicted molar refractivity (Wildman–Crippen MR) is 44.5 cm³/mol. The van der Waals surface area contributed by atoms with Crippen molar-refractivity contribution >= 4 is 11.0 Å². The van der Waals surface area contributed by atoms with E-state index in [1.165, 1.54) is 0 Å². The molecule has 2 aromatic heterocycles. The molecule has 0 radical (unpaired) electrons. The molecule has 5 nitrogen and oxygen atoms in total. The Morgan fingerprint density at radius 1 is 1.13 bits per heavy atom. The number of pyridine rings is 1. The highest BCUT2D eigenvalue weighted by Gasteiger charge is 2.34. The maximum Gasteiger partial charge on any atom is 0.417 e. The van der Waals surface area contributed by atoms with E-state index in [4.69, 9.17) is 0 Å². The number of nitrogens with one attached hydrogen (secondary N) is 3. The topological polar surface area (TPSA) is 81.5 Å². The molecular formula is C7H4F3N3O2. The van der Waals surface area contributed by atoms with Gasteiger partial charge in [0.05, 0.1) is 10.9 Å². The first-order valence-corrected chi connectivity index (χ1v) is 3.80. The lowest BCUT2D eigenvalue weighted by Crippen LogP contribution is -2.16. The summed E-state index contributed by atoms with van der Waals surface area (Å²) in [5, 5.41) is 3.52. The molecule has 3 N–H and O–H groups in total. The van der Waals surface area contributed by atoms with Crippen LogP contribution < -0.4 is 11.1 Å². The Bertz CT molecular complexity index is 619. The van der Waals surface area contributed by atoms with Crippen molar-refractivity contribution in [2.24, 2.45) is 0 Å². The van der Waals surface area contributed by atoms with Crippen LogP contribution in [0, 0.1) is 0 Å². The van der Waals surface area contributed by atoms with Crippen LogP contribution in [-0.4, -0.2) is 15.2 Å². The molecule has 0 aliphatic heterocycles. The molecule has 0 bridgehead atoms. The summed E-state index contributed by atoms with van der Waals surface area (Å²) in [6, 6.07) is 0.353. The van der Waals surface area contributed by atoms with E-state index in [9.17, 15) is 22.8 Å². The van der Waals surface area contributed by atoms with E-state index in [1.54, 1.807) is 0 Å². The van der Waals surface area contributed by atoms with E-state index in [1.807, 2.05) is 5.10 Å². The van der Waals surface area contributed by atoms with Gasteiger partial charge in [-0.15, -0.1) is 0 Å². The summed E-state index contributed by atoms with van der Waals surface area (Å²) in [7, 11) is 0. The fourth-order valence-electron chi connectivity index (χ4n) is 1.29. The summed E-state index contributed by atoms with van der Waals surface area (Å²) in [5.41, 5.74) is -3.36. The highest BCUT2D eigenvalue weighted by molar-refractivity contribution is 5.78. The second-order valence-corrected chi connectivity index (χ2v) is 2.87. The van der Waals surface area contributed by atoms with Crippen molar-refractivity contribution in [2.75, 3.05) is 0 Å². The number of alkyl halides is 3. The molecule has 0 saturated carbocycles. The maximum atomic E-state index is 12.4. The lowest BCUT2D eigenvalue weighted by atomic mass is 10.2. The summed E-state index contributed by atoms with van der Waals surface area (Å²) in [5.74, 6) is 0. The average molecular weight is 219 g/mol. The molecular weight excluding hydrogens is 215 g/mol. The molecule has 0 atom stereocenters. The van der Waals surface area contributed by atoms with Gasteiger partial charge in [-0.3, -0.25) is 19.8 Å². The van der Waals surface area contributed by atoms with Gasteiger partial charge in [-0.1, -0.05) is 0 Å². The lowest BCUT2D eigenvalue weighted by Gasteiger charge is -2.05. The van der Waals surface area contributed by atoms with Crippen LogP contribution in [0.25, 0.3) is 11.0 Å². The second-order valence-electron chi connectivity index (χ2n) is 2.87. The van der Waals surface area contributed by atoms with Gasteiger partial charge in [-0.25, -0.2) is 0 Å². The third kappa shape index (κ3) is 1.43. The molecule has 0 fully saturated rings. The molecule has 0 amide bonds. The van der Waals surface area contributed by atoms with Crippen molar-refractivity contribution < 1.29 is 13.2 Å². The van der Waals surface area contributed by atoms with Crippen molar-refractivity contribution in [2.45, 2.75) is 6.18 Å². The highest BCUT2D eigenvalue weighted by Crippen LogP contribution is 2.31. The Labute approximate surface area is 78.9 Å². The van der Waals surface area contributed by atoms with Crippen molar-refractivity contribution in [1.29, 1.82) is 0 Å². The predicted octanol–water partition coefficient (Wildman–Crippen LogP) is 0.563. The highest BCUT2D eigenvalue weighted by atomic mass is 19.4. The first-order valence-electron chi connectivity index (χ1n) is 3.80. The Hall–Kier alpha value is -1.99. The van der Waals surface area contributed by atoms with Crippen LogP contribution in [-0.2, 0) is 6.18 Å². The maximum absolute atomic E-state index is 12.4. The molecule has 0 saturated heterocycles. The zero-order chi connectivity index (χ0) is 11.2. The van der Waals surface area contributed by atoms with Gasteiger partial charge in [-0.05, 0) is 0 Å². The number of aromatic amines is 3. The van der Waals surface area contributed by atoms with E-state index in [2.05, 4.69) is 10.1 Å². The van der Waals surface area contributed by atoms with E-state index in [0.717, 1.165) is 0 Å². The molecule has 2 rings (SSSR count). The van der Waals surface area contributed by atoms with Crippen LogP contribution in [0.2, 0.25) is 0 Å².